The van der Waals surface area contributed by atoms with Crippen LogP contribution in [0.4, 0.5) is 33.3 Å². The summed E-state index contributed by atoms with van der Waals surface area (Å²) in [7, 11) is 0. The molecule has 8 heteroatoms. The fourth-order valence-corrected chi connectivity index (χ4v) is 4.42. The highest BCUT2D eigenvalue weighted by molar-refractivity contribution is 5.52. The Morgan fingerprint density at radius 1 is 0.793 bits per heavy atom. The largest absolute Gasteiger partial charge is 0.573 e. The van der Waals surface area contributed by atoms with Gasteiger partial charge in [-0.3, -0.25) is 0 Å². The molecule has 0 aliphatic carbocycles. The molecule has 0 radical (unpaired) electrons. The van der Waals surface area contributed by atoms with Crippen molar-refractivity contribution in [2.24, 2.45) is 5.41 Å². The molecule has 3 nitrogen and oxygen atoms in total. The Labute approximate surface area is 165 Å². The van der Waals surface area contributed by atoms with E-state index in [1.54, 1.807) is 17.0 Å². The number of anilines is 2. The third-order valence-electron chi connectivity index (χ3n) is 5.95. The smallest absolute Gasteiger partial charge is 0.406 e. The van der Waals surface area contributed by atoms with E-state index in [1.807, 2.05) is 0 Å². The molecule has 0 unspecified atom stereocenters. The Bertz CT molecular complexity index is 840. The number of para-hydroxylation sites is 1. The molecule has 2 aliphatic rings. The minimum atomic E-state index is -4.70. The second kappa shape index (κ2) is 7.39. The van der Waals surface area contributed by atoms with Gasteiger partial charge in [0.1, 0.15) is 23.1 Å². The molecule has 0 aromatic heterocycles. The fraction of sp³-hybridized carbons (Fsp3) is 0.429. The number of hydrogen-bond acceptors (Lipinski definition) is 3. The summed E-state index contributed by atoms with van der Waals surface area (Å²) in [4.78, 5) is 3.92. The van der Waals surface area contributed by atoms with Crippen LogP contribution >= 0.6 is 0 Å². The number of nitrogens with zero attached hydrogens (tertiary/aromatic N) is 2. The van der Waals surface area contributed by atoms with E-state index in [-0.39, 0.29) is 16.9 Å². The predicted octanol–water partition coefficient (Wildman–Crippen LogP) is 5.36. The molecule has 2 fully saturated rings. The molecule has 0 amide bonds. The summed E-state index contributed by atoms with van der Waals surface area (Å²) >= 11 is 0. The van der Waals surface area contributed by atoms with Crippen LogP contribution in [0.2, 0.25) is 0 Å². The average molecular weight is 412 g/mol. The third kappa shape index (κ3) is 4.26. The highest BCUT2D eigenvalue weighted by Crippen LogP contribution is 2.43. The van der Waals surface area contributed by atoms with Crippen LogP contribution in [-0.2, 0) is 0 Å². The Kier molecular flexibility index (Phi) is 5.04. The molecule has 2 aromatic rings. The maximum atomic E-state index is 14.1. The van der Waals surface area contributed by atoms with Crippen molar-refractivity contribution >= 4 is 11.4 Å². The molecule has 29 heavy (non-hydrogen) atoms. The van der Waals surface area contributed by atoms with Crippen molar-refractivity contribution in [3.05, 3.63) is 54.1 Å². The summed E-state index contributed by atoms with van der Waals surface area (Å²) in [6.07, 6.45) is -2.13. The maximum absolute atomic E-state index is 14.1. The standard InChI is InChI=1S/C21H21F5N2O/c22-17-2-1-3-18(23)19(17)27-11-8-20(9-12-27)10-13-28(14-20)15-4-6-16(7-5-15)29-21(24,25)26/h1-7H,8-14H2. The first kappa shape index (κ1) is 19.8. The Morgan fingerprint density at radius 3 is 1.90 bits per heavy atom. The van der Waals surface area contributed by atoms with Crippen molar-refractivity contribution < 1.29 is 26.7 Å². The summed E-state index contributed by atoms with van der Waals surface area (Å²) in [5.74, 6) is -1.33. The van der Waals surface area contributed by atoms with Crippen LogP contribution < -0.4 is 14.5 Å². The van der Waals surface area contributed by atoms with Gasteiger partial charge in [0.05, 0.1) is 0 Å². The zero-order valence-corrected chi connectivity index (χ0v) is 15.7. The van der Waals surface area contributed by atoms with E-state index in [2.05, 4.69) is 9.64 Å². The van der Waals surface area contributed by atoms with Gasteiger partial charge >= 0.3 is 6.36 Å². The predicted molar refractivity (Wildman–Crippen MR) is 100 cm³/mol. The van der Waals surface area contributed by atoms with Crippen molar-refractivity contribution in [3.63, 3.8) is 0 Å². The first-order chi connectivity index (χ1) is 13.7. The van der Waals surface area contributed by atoms with E-state index >= 15 is 0 Å². The normalized spacial score (nSPS) is 19.1. The van der Waals surface area contributed by atoms with Gasteiger partial charge in [0.15, 0.2) is 0 Å². The topological polar surface area (TPSA) is 15.7 Å². The number of hydrogen-bond donors (Lipinski definition) is 0. The average Bonchev–Trinajstić information content (AvgIpc) is 3.06. The van der Waals surface area contributed by atoms with Crippen molar-refractivity contribution in [1.82, 2.24) is 0 Å². The van der Waals surface area contributed by atoms with E-state index in [1.165, 1.54) is 30.3 Å². The highest BCUT2D eigenvalue weighted by Gasteiger charge is 2.41. The number of alkyl halides is 3. The molecule has 0 N–H and O–H groups in total. The van der Waals surface area contributed by atoms with Crippen LogP contribution in [0.5, 0.6) is 5.75 Å². The number of benzene rings is 2. The van der Waals surface area contributed by atoms with Crippen molar-refractivity contribution in [1.29, 1.82) is 0 Å². The molecule has 0 bridgehead atoms. The molecule has 0 atom stereocenters. The summed E-state index contributed by atoms with van der Waals surface area (Å²) < 4.78 is 68.9. The van der Waals surface area contributed by atoms with Crippen LogP contribution in [0.15, 0.2) is 42.5 Å². The minimum Gasteiger partial charge on any atom is -0.406 e. The van der Waals surface area contributed by atoms with Gasteiger partial charge in [-0.15, -0.1) is 13.2 Å². The zero-order valence-electron chi connectivity index (χ0n) is 15.7. The molecule has 4 rings (SSSR count). The zero-order chi connectivity index (χ0) is 20.6. The van der Waals surface area contributed by atoms with Gasteiger partial charge in [-0.05, 0) is 61.1 Å². The maximum Gasteiger partial charge on any atom is 0.573 e. The first-order valence-electron chi connectivity index (χ1n) is 9.54. The Hall–Kier alpha value is -2.51. The van der Waals surface area contributed by atoms with Gasteiger partial charge in [0, 0.05) is 31.9 Å². The van der Waals surface area contributed by atoms with Crippen LogP contribution in [0, 0.1) is 17.0 Å². The summed E-state index contributed by atoms with van der Waals surface area (Å²) in [6, 6.07) is 9.79. The molecule has 2 saturated heterocycles. The molecule has 2 aliphatic heterocycles. The van der Waals surface area contributed by atoms with E-state index in [0.717, 1.165) is 38.0 Å². The lowest BCUT2D eigenvalue weighted by atomic mass is 9.77. The van der Waals surface area contributed by atoms with Crippen LogP contribution in [0.25, 0.3) is 0 Å². The van der Waals surface area contributed by atoms with Crippen LogP contribution in [0.3, 0.4) is 0 Å². The van der Waals surface area contributed by atoms with E-state index in [4.69, 9.17) is 0 Å². The van der Waals surface area contributed by atoms with E-state index in [0.29, 0.717) is 13.1 Å². The van der Waals surface area contributed by atoms with Crippen molar-refractivity contribution in [2.75, 3.05) is 36.0 Å². The SMILES string of the molecule is Fc1cccc(F)c1N1CCC2(CCN(c3ccc(OC(F)(F)F)cc3)C2)CC1. The first-order valence-corrected chi connectivity index (χ1v) is 9.54. The van der Waals surface area contributed by atoms with Crippen LogP contribution in [0.1, 0.15) is 19.3 Å². The second-order valence-corrected chi connectivity index (χ2v) is 7.77. The molecular formula is C21H21F5N2O. The summed E-state index contributed by atoms with van der Waals surface area (Å²) in [6.45, 7) is 2.72. The summed E-state index contributed by atoms with van der Waals surface area (Å²) in [5.41, 5.74) is 0.941. The minimum absolute atomic E-state index is 0.0393. The lowest BCUT2D eigenvalue weighted by Crippen LogP contribution is -2.42. The Balaban J connectivity index is 1.39. The highest BCUT2D eigenvalue weighted by atomic mass is 19.4. The van der Waals surface area contributed by atoms with Gasteiger partial charge in [-0.25, -0.2) is 8.78 Å². The molecular weight excluding hydrogens is 391 g/mol. The van der Waals surface area contributed by atoms with E-state index < -0.39 is 18.0 Å². The van der Waals surface area contributed by atoms with Gasteiger partial charge in [0.2, 0.25) is 0 Å². The summed E-state index contributed by atoms with van der Waals surface area (Å²) in [5, 5.41) is 0. The number of piperidine rings is 1. The fourth-order valence-electron chi connectivity index (χ4n) is 4.42. The number of rotatable bonds is 3. The molecule has 156 valence electrons. The lowest BCUT2D eigenvalue weighted by Gasteiger charge is -2.40. The third-order valence-corrected chi connectivity index (χ3v) is 5.95. The molecule has 0 saturated carbocycles. The van der Waals surface area contributed by atoms with E-state index in [9.17, 15) is 22.0 Å². The van der Waals surface area contributed by atoms with Gasteiger partial charge in [-0.2, -0.15) is 0 Å². The molecule has 2 heterocycles. The number of ether oxygens (including phenoxy) is 1. The quantitative estimate of drug-likeness (QED) is 0.632. The van der Waals surface area contributed by atoms with Gasteiger partial charge in [0.25, 0.3) is 0 Å². The molecule has 2 aromatic carbocycles. The van der Waals surface area contributed by atoms with Crippen molar-refractivity contribution in [2.45, 2.75) is 25.6 Å². The second-order valence-electron chi connectivity index (χ2n) is 7.77. The monoisotopic (exact) mass is 412 g/mol. The van der Waals surface area contributed by atoms with Crippen molar-refractivity contribution in [3.8, 4) is 5.75 Å². The van der Waals surface area contributed by atoms with Crippen LogP contribution in [-0.4, -0.2) is 32.5 Å². The number of halogens is 5. The molecule has 1 spiro atoms. The van der Waals surface area contributed by atoms with Gasteiger partial charge < -0.3 is 14.5 Å². The Morgan fingerprint density at radius 2 is 1.34 bits per heavy atom. The van der Waals surface area contributed by atoms with Gasteiger partial charge in [-0.1, -0.05) is 6.07 Å². The lowest BCUT2D eigenvalue weighted by molar-refractivity contribution is -0.274.